The number of carboxylic acids is 1. The number of hydrogen-bond acceptors (Lipinski definition) is 4. The lowest BCUT2D eigenvalue weighted by Crippen LogP contribution is -2.54. The second-order valence-corrected chi connectivity index (χ2v) is 5.48. The highest BCUT2D eigenvalue weighted by atomic mass is 35.5. The van der Waals surface area contributed by atoms with E-state index in [9.17, 15) is 14.7 Å². The molecule has 0 bridgehead atoms. The Morgan fingerprint density at radius 1 is 1.50 bits per heavy atom. The molecule has 1 fully saturated rings. The monoisotopic (exact) mass is 286 g/mol. The molecular formula is C11H11ClN2O3S. The van der Waals surface area contributed by atoms with Crippen LogP contribution in [0.5, 0.6) is 0 Å². The zero-order chi connectivity index (χ0) is 13.2. The molecule has 0 radical (unpaired) electrons. The molecule has 7 heteroatoms. The van der Waals surface area contributed by atoms with Crippen LogP contribution in [-0.2, 0) is 4.79 Å². The fourth-order valence-corrected chi connectivity index (χ4v) is 3.19. The molecule has 0 saturated carbocycles. The number of aliphatic carboxylic acids is 1. The quantitative estimate of drug-likeness (QED) is 0.822. The molecule has 1 aliphatic heterocycles. The van der Waals surface area contributed by atoms with Crippen molar-refractivity contribution in [1.82, 2.24) is 10.3 Å². The number of pyridine rings is 1. The van der Waals surface area contributed by atoms with Crippen molar-refractivity contribution in [3.63, 3.8) is 0 Å². The van der Waals surface area contributed by atoms with E-state index in [0.717, 1.165) is 5.75 Å². The van der Waals surface area contributed by atoms with Crippen molar-refractivity contribution in [1.29, 1.82) is 0 Å². The van der Waals surface area contributed by atoms with Crippen LogP contribution in [0.3, 0.4) is 0 Å². The van der Waals surface area contributed by atoms with Gasteiger partial charge in [-0.05, 0) is 24.3 Å². The van der Waals surface area contributed by atoms with Gasteiger partial charge in [-0.3, -0.25) is 4.79 Å². The molecule has 2 rings (SSSR count). The number of thioether (sulfide) groups is 1. The van der Waals surface area contributed by atoms with Gasteiger partial charge in [-0.15, -0.1) is 0 Å². The SMILES string of the molecule is O=C(NC1(C(=O)O)CCSC1)c1cccc(Cl)n1. The summed E-state index contributed by atoms with van der Waals surface area (Å²) in [6.07, 6.45) is 0.416. The van der Waals surface area contributed by atoms with Crippen LogP contribution < -0.4 is 5.32 Å². The average molecular weight is 287 g/mol. The van der Waals surface area contributed by atoms with E-state index in [0.29, 0.717) is 12.2 Å². The van der Waals surface area contributed by atoms with E-state index in [1.54, 1.807) is 12.1 Å². The summed E-state index contributed by atoms with van der Waals surface area (Å²) in [6.45, 7) is 0. The number of aromatic nitrogens is 1. The van der Waals surface area contributed by atoms with Gasteiger partial charge < -0.3 is 10.4 Å². The smallest absolute Gasteiger partial charge is 0.330 e. The predicted octanol–water partition coefficient (Wildman–Crippen LogP) is 1.43. The highest BCUT2D eigenvalue weighted by molar-refractivity contribution is 7.99. The summed E-state index contributed by atoms with van der Waals surface area (Å²) in [6, 6.07) is 4.65. The molecule has 18 heavy (non-hydrogen) atoms. The molecule has 1 saturated heterocycles. The number of nitrogens with zero attached hydrogens (tertiary/aromatic N) is 1. The maximum atomic E-state index is 12.0. The molecule has 0 aliphatic carbocycles. The maximum Gasteiger partial charge on any atom is 0.330 e. The van der Waals surface area contributed by atoms with Gasteiger partial charge in [-0.25, -0.2) is 9.78 Å². The van der Waals surface area contributed by atoms with Gasteiger partial charge in [0.2, 0.25) is 0 Å². The van der Waals surface area contributed by atoms with Crippen molar-refractivity contribution in [2.24, 2.45) is 0 Å². The second-order valence-electron chi connectivity index (χ2n) is 3.99. The van der Waals surface area contributed by atoms with Crippen LogP contribution in [0.15, 0.2) is 18.2 Å². The standard InChI is InChI=1S/C11H11ClN2O3S/c12-8-3-1-2-7(13-8)9(15)14-11(10(16)17)4-5-18-6-11/h1-3H,4-6H2,(H,14,15)(H,16,17). The van der Waals surface area contributed by atoms with Gasteiger partial charge in [0.1, 0.15) is 16.4 Å². The zero-order valence-corrected chi connectivity index (χ0v) is 10.9. The summed E-state index contributed by atoms with van der Waals surface area (Å²) in [5, 5.41) is 12.0. The molecule has 1 atom stereocenters. The highest BCUT2D eigenvalue weighted by Crippen LogP contribution is 2.28. The van der Waals surface area contributed by atoms with Crippen molar-refractivity contribution >= 4 is 35.2 Å². The first-order chi connectivity index (χ1) is 8.53. The van der Waals surface area contributed by atoms with Gasteiger partial charge in [0, 0.05) is 5.75 Å². The Morgan fingerprint density at radius 2 is 2.28 bits per heavy atom. The summed E-state index contributed by atoms with van der Waals surface area (Å²) in [7, 11) is 0. The molecule has 0 aromatic carbocycles. The lowest BCUT2D eigenvalue weighted by molar-refractivity contribution is -0.143. The van der Waals surface area contributed by atoms with Crippen LogP contribution in [0, 0.1) is 0 Å². The average Bonchev–Trinajstić information content (AvgIpc) is 2.79. The Balaban J connectivity index is 2.18. The number of amides is 1. The largest absolute Gasteiger partial charge is 0.479 e. The Labute approximate surface area is 113 Å². The molecule has 2 N–H and O–H groups in total. The fourth-order valence-electron chi connectivity index (χ4n) is 1.70. The van der Waals surface area contributed by atoms with Crippen LogP contribution in [0.4, 0.5) is 0 Å². The van der Waals surface area contributed by atoms with Crippen LogP contribution in [0.2, 0.25) is 5.15 Å². The van der Waals surface area contributed by atoms with Crippen molar-refractivity contribution < 1.29 is 14.7 Å². The molecule has 5 nitrogen and oxygen atoms in total. The third-order valence-electron chi connectivity index (χ3n) is 2.73. The van der Waals surface area contributed by atoms with Gasteiger partial charge in [0.15, 0.2) is 0 Å². The van der Waals surface area contributed by atoms with Crippen LogP contribution in [0.1, 0.15) is 16.9 Å². The minimum absolute atomic E-state index is 0.125. The summed E-state index contributed by atoms with van der Waals surface area (Å²) < 4.78 is 0. The fraction of sp³-hybridized carbons (Fsp3) is 0.364. The van der Waals surface area contributed by atoms with E-state index < -0.39 is 17.4 Å². The maximum absolute atomic E-state index is 12.0. The molecule has 2 heterocycles. The number of hydrogen-bond donors (Lipinski definition) is 2. The van der Waals surface area contributed by atoms with Crippen molar-refractivity contribution in [3.8, 4) is 0 Å². The van der Waals surface area contributed by atoms with Gasteiger partial charge >= 0.3 is 5.97 Å². The lowest BCUT2D eigenvalue weighted by Gasteiger charge is -2.24. The predicted molar refractivity (Wildman–Crippen MR) is 69.0 cm³/mol. The third-order valence-corrected chi connectivity index (χ3v) is 4.13. The first-order valence-electron chi connectivity index (χ1n) is 5.30. The molecular weight excluding hydrogens is 276 g/mol. The Bertz CT molecular complexity index is 489. The lowest BCUT2D eigenvalue weighted by atomic mass is 9.99. The van der Waals surface area contributed by atoms with Crippen LogP contribution >= 0.6 is 23.4 Å². The molecule has 1 aromatic heterocycles. The first-order valence-corrected chi connectivity index (χ1v) is 6.83. The van der Waals surface area contributed by atoms with E-state index in [4.69, 9.17) is 11.6 Å². The Hall–Kier alpha value is -1.27. The minimum atomic E-state index is -1.19. The highest BCUT2D eigenvalue weighted by Gasteiger charge is 2.43. The second kappa shape index (κ2) is 5.16. The van der Waals surface area contributed by atoms with Gasteiger partial charge in [0.05, 0.1) is 0 Å². The number of carboxylic acid groups (broad SMARTS) is 1. The van der Waals surface area contributed by atoms with Crippen LogP contribution in [-0.4, -0.2) is 39.0 Å². The van der Waals surface area contributed by atoms with E-state index in [1.165, 1.54) is 17.8 Å². The summed E-state index contributed by atoms with van der Waals surface area (Å²) in [4.78, 5) is 27.1. The zero-order valence-electron chi connectivity index (χ0n) is 9.35. The Kier molecular flexibility index (Phi) is 3.77. The van der Waals surface area contributed by atoms with Gasteiger partial charge in [-0.1, -0.05) is 17.7 Å². The summed E-state index contributed by atoms with van der Waals surface area (Å²) >= 11 is 7.20. The minimum Gasteiger partial charge on any atom is -0.479 e. The van der Waals surface area contributed by atoms with Crippen molar-refractivity contribution in [3.05, 3.63) is 29.0 Å². The molecule has 1 aromatic rings. The first kappa shape index (κ1) is 13.2. The molecule has 1 unspecified atom stereocenters. The molecule has 96 valence electrons. The van der Waals surface area contributed by atoms with Gasteiger partial charge in [0.25, 0.3) is 5.91 Å². The van der Waals surface area contributed by atoms with Crippen LogP contribution in [0.25, 0.3) is 0 Å². The summed E-state index contributed by atoms with van der Waals surface area (Å²) in [5.74, 6) is -0.435. The number of halogens is 1. The molecule has 0 spiro atoms. The number of rotatable bonds is 3. The topological polar surface area (TPSA) is 79.3 Å². The summed E-state index contributed by atoms with van der Waals surface area (Å²) in [5.41, 5.74) is -1.06. The van der Waals surface area contributed by atoms with E-state index in [2.05, 4.69) is 10.3 Å². The number of carbonyl (C=O) groups is 2. The van der Waals surface area contributed by atoms with E-state index in [-0.39, 0.29) is 10.8 Å². The Morgan fingerprint density at radius 3 is 2.83 bits per heavy atom. The molecule has 1 aliphatic rings. The van der Waals surface area contributed by atoms with E-state index >= 15 is 0 Å². The molecule has 1 amide bonds. The van der Waals surface area contributed by atoms with Gasteiger partial charge in [-0.2, -0.15) is 11.8 Å². The number of nitrogens with one attached hydrogen (secondary N) is 1. The normalized spacial score (nSPS) is 22.7. The number of carbonyl (C=O) groups excluding carboxylic acids is 1. The van der Waals surface area contributed by atoms with E-state index in [1.807, 2.05) is 0 Å². The third kappa shape index (κ3) is 2.59. The van der Waals surface area contributed by atoms with Crippen molar-refractivity contribution in [2.45, 2.75) is 12.0 Å². The van der Waals surface area contributed by atoms with Crippen molar-refractivity contribution in [2.75, 3.05) is 11.5 Å².